The normalized spacial score (nSPS) is 16.0. The Hall–Kier alpha value is -3.30. The van der Waals surface area contributed by atoms with Gasteiger partial charge in [-0.15, -0.1) is 5.10 Å². The maximum atomic E-state index is 14.7. The summed E-state index contributed by atoms with van der Waals surface area (Å²) in [5.41, 5.74) is 2.69. The molecule has 10 heteroatoms. The van der Waals surface area contributed by atoms with Crippen LogP contribution in [0.2, 0.25) is 0 Å². The van der Waals surface area contributed by atoms with Gasteiger partial charge >= 0.3 is 6.03 Å². The molecule has 0 saturated heterocycles. The van der Waals surface area contributed by atoms with E-state index in [2.05, 4.69) is 31.3 Å². The highest BCUT2D eigenvalue weighted by Crippen LogP contribution is 2.29. The molecule has 2 N–H and O–H groups in total. The lowest BCUT2D eigenvalue weighted by Gasteiger charge is -2.22. The quantitative estimate of drug-likeness (QED) is 0.703. The first-order valence-electron chi connectivity index (χ1n) is 9.60. The molecule has 0 saturated carbocycles. The molecule has 1 atom stereocenters. The molecule has 4 rings (SSSR count). The van der Waals surface area contributed by atoms with E-state index in [1.54, 1.807) is 21.5 Å². The number of urea groups is 1. The van der Waals surface area contributed by atoms with Gasteiger partial charge in [-0.2, -0.15) is 5.10 Å². The lowest BCUT2D eigenvalue weighted by atomic mass is 9.93. The van der Waals surface area contributed by atoms with E-state index in [9.17, 15) is 9.18 Å². The van der Waals surface area contributed by atoms with Crippen LogP contribution in [0.3, 0.4) is 0 Å². The van der Waals surface area contributed by atoms with Crippen molar-refractivity contribution in [2.45, 2.75) is 45.2 Å². The number of anilines is 1. The molecular formula is C19H23FN8O. The second kappa shape index (κ2) is 7.61. The SMILES string of the molecule is CC(C)n1nnnc1-c1ccc(NC(=O)NC2CCCc3nn(C)cc32)cc1F. The predicted octanol–water partition coefficient (Wildman–Crippen LogP) is 2.99. The van der Waals surface area contributed by atoms with Gasteiger partial charge in [0.15, 0.2) is 5.82 Å². The van der Waals surface area contributed by atoms with Crippen LogP contribution in [0.15, 0.2) is 24.4 Å². The number of benzene rings is 1. The third-order valence-electron chi connectivity index (χ3n) is 4.97. The van der Waals surface area contributed by atoms with Gasteiger partial charge in [-0.3, -0.25) is 4.68 Å². The van der Waals surface area contributed by atoms with Gasteiger partial charge in [0.05, 0.1) is 23.3 Å². The van der Waals surface area contributed by atoms with Crippen LogP contribution >= 0.6 is 0 Å². The number of hydrogen-bond acceptors (Lipinski definition) is 5. The van der Waals surface area contributed by atoms with Gasteiger partial charge in [0, 0.05) is 24.5 Å². The molecule has 1 unspecified atom stereocenters. The second-order valence-corrected chi connectivity index (χ2v) is 7.48. The van der Waals surface area contributed by atoms with Gasteiger partial charge in [-0.25, -0.2) is 13.9 Å². The number of nitrogens with zero attached hydrogens (tertiary/aromatic N) is 6. The Labute approximate surface area is 167 Å². The molecule has 2 aromatic heterocycles. The van der Waals surface area contributed by atoms with E-state index in [0.717, 1.165) is 30.5 Å². The number of aromatic nitrogens is 6. The largest absolute Gasteiger partial charge is 0.331 e. The van der Waals surface area contributed by atoms with Crippen molar-refractivity contribution in [1.82, 2.24) is 35.3 Å². The third-order valence-corrected chi connectivity index (χ3v) is 4.97. The van der Waals surface area contributed by atoms with E-state index in [0.29, 0.717) is 11.5 Å². The lowest BCUT2D eigenvalue weighted by molar-refractivity contribution is 0.247. The monoisotopic (exact) mass is 398 g/mol. The van der Waals surface area contributed by atoms with Crippen molar-refractivity contribution in [1.29, 1.82) is 0 Å². The molecule has 29 heavy (non-hydrogen) atoms. The van der Waals surface area contributed by atoms with E-state index in [1.165, 1.54) is 6.07 Å². The molecule has 1 aliphatic carbocycles. The first-order chi connectivity index (χ1) is 13.9. The first kappa shape index (κ1) is 19.0. The van der Waals surface area contributed by atoms with E-state index in [-0.39, 0.29) is 23.7 Å². The highest BCUT2D eigenvalue weighted by atomic mass is 19.1. The number of carbonyl (C=O) groups is 1. The summed E-state index contributed by atoms with van der Waals surface area (Å²) in [7, 11) is 1.87. The van der Waals surface area contributed by atoms with E-state index < -0.39 is 5.82 Å². The number of hydrogen-bond donors (Lipinski definition) is 2. The first-order valence-corrected chi connectivity index (χ1v) is 9.60. The molecule has 1 aliphatic rings. The highest BCUT2D eigenvalue weighted by Gasteiger charge is 2.24. The van der Waals surface area contributed by atoms with Gasteiger partial charge in [0.2, 0.25) is 0 Å². The number of rotatable bonds is 4. The van der Waals surface area contributed by atoms with E-state index in [1.807, 2.05) is 27.1 Å². The molecule has 0 fully saturated rings. The average molecular weight is 398 g/mol. The van der Waals surface area contributed by atoms with Crippen molar-refractivity contribution in [2.75, 3.05) is 5.32 Å². The molecule has 0 aliphatic heterocycles. The number of nitrogens with one attached hydrogen (secondary N) is 2. The van der Waals surface area contributed by atoms with Gasteiger partial charge in [0.25, 0.3) is 0 Å². The summed E-state index contributed by atoms with van der Waals surface area (Å²) >= 11 is 0. The van der Waals surface area contributed by atoms with Crippen LogP contribution < -0.4 is 10.6 Å². The number of tetrazole rings is 1. The Balaban J connectivity index is 1.47. The third kappa shape index (κ3) is 3.82. The Kier molecular flexibility index (Phi) is 4.99. The van der Waals surface area contributed by atoms with Crippen molar-refractivity contribution in [2.24, 2.45) is 7.05 Å². The molecule has 3 aromatic rings. The van der Waals surface area contributed by atoms with Crippen molar-refractivity contribution < 1.29 is 9.18 Å². The summed E-state index contributed by atoms with van der Waals surface area (Å²) in [6, 6.07) is 3.97. The number of amides is 2. The summed E-state index contributed by atoms with van der Waals surface area (Å²) in [5, 5.41) is 21.5. The minimum atomic E-state index is -0.508. The van der Waals surface area contributed by atoms with Crippen molar-refractivity contribution in [3.63, 3.8) is 0 Å². The minimum absolute atomic E-state index is 0.00385. The average Bonchev–Trinajstić information content (AvgIpc) is 3.28. The van der Waals surface area contributed by atoms with Crippen LogP contribution in [0, 0.1) is 5.82 Å². The van der Waals surface area contributed by atoms with Crippen LogP contribution in [0.5, 0.6) is 0 Å². The van der Waals surface area contributed by atoms with Crippen molar-refractivity contribution in [3.8, 4) is 11.4 Å². The zero-order chi connectivity index (χ0) is 20.5. The summed E-state index contributed by atoms with van der Waals surface area (Å²) < 4.78 is 18.0. The zero-order valence-corrected chi connectivity index (χ0v) is 16.6. The van der Waals surface area contributed by atoms with Crippen LogP contribution in [-0.2, 0) is 13.5 Å². The molecule has 0 spiro atoms. The van der Waals surface area contributed by atoms with Crippen LogP contribution in [0.4, 0.5) is 14.9 Å². The fourth-order valence-electron chi connectivity index (χ4n) is 3.64. The summed E-state index contributed by atoms with van der Waals surface area (Å²) in [5.74, 6) is -0.161. The van der Waals surface area contributed by atoms with Crippen LogP contribution in [0.1, 0.15) is 50.0 Å². The van der Waals surface area contributed by atoms with Crippen molar-refractivity contribution >= 4 is 11.7 Å². The maximum Gasteiger partial charge on any atom is 0.319 e. The summed E-state index contributed by atoms with van der Waals surface area (Å²) in [6.07, 6.45) is 4.66. The minimum Gasteiger partial charge on any atom is -0.331 e. The predicted molar refractivity (Wildman–Crippen MR) is 105 cm³/mol. The zero-order valence-electron chi connectivity index (χ0n) is 16.6. The second-order valence-electron chi connectivity index (χ2n) is 7.48. The van der Waals surface area contributed by atoms with Crippen LogP contribution in [0.25, 0.3) is 11.4 Å². The summed E-state index contributed by atoms with van der Waals surface area (Å²) in [4.78, 5) is 12.5. The Bertz CT molecular complexity index is 1040. The fraction of sp³-hybridized carbons (Fsp3) is 0.421. The number of aryl methyl sites for hydroxylation is 2. The maximum absolute atomic E-state index is 14.7. The molecule has 2 heterocycles. The van der Waals surface area contributed by atoms with Gasteiger partial charge in [-0.05, 0) is 61.7 Å². The summed E-state index contributed by atoms with van der Waals surface area (Å²) in [6.45, 7) is 3.83. The highest BCUT2D eigenvalue weighted by molar-refractivity contribution is 5.89. The molecule has 1 aromatic carbocycles. The van der Waals surface area contributed by atoms with Gasteiger partial charge in [-0.1, -0.05) is 0 Å². The number of halogens is 1. The van der Waals surface area contributed by atoms with E-state index >= 15 is 0 Å². The molecule has 152 valence electrons. The van der Waals surface area contributed by atoms with E-state index in [4.69, 9.17) is 0 Å². The van der Waals surface area contributed by atoms with Gasteiger partial charge in [0.1, 0.15) is 5.82 Å². The topological polar surface area (TPSA) is 103 Å². The Morgan fingerprint density at radius 1 is 1.34 bits per heavy atom. The molecule has 0 radical (unpaired) electrons. The standard InChI is InChI=1S/C19H23FN8O/c1-11(2)28-18(23-25-26-28)13-8-7-12(9-15(13)20)21-19(29)22-16-5-4-6-17-14(16)10-27(3)24-17/h7-11,16H,4-6H2,1-3H3,(H2,21,22,29). The Morgan fingerprint density at radius 2 is 2.17 bits per heavy atom. The molecule has 9 nitrogen and oxygen atoms in total. The molecule has 0 bridgehead atoms. The molecule has 2 amide bonds. The van der Waals surface area contributed by atoms with Crippen LogP contribution in [-0.4, -0.2) is 36.0 Å². The number of carbonyl (C=O) groups excluding carboxylic acids is 1. The van der Waals surface area contributed by atoms with Crippen molar-refractivity contribution in [3.05, 3.63) is 41.5 Å². The number of fused-ring (bicyclic) bond motifs is 1. The molecular weight excluding hydrogens is 375 g/mol. The Morgan fingerprint density at radius 3 is 2.93 bits per heavy atom. The van der Waals surface area contributed by atoms with Gasteiger partial charge < -0.3 is 10.6 Å². The fourth-order valence-corrected chi connectivity index (χ4v) is 3.64. The lowest BCUT2D eigenvalue weighted by Crippen LogP contribution is -2.34. The smallest absolute Gasteiger partial charge is 0.319 e.